The van der Waals surface area contributed by atoms with Crippen molar-refractivity contribution in [1.29, 1.82) is 0 Å². The van der Waals surface area contributed by atoms with E-state index in [0.717, 1.165) is 19.5 Å². The maximum atomic E-state index is 11.4. The van der Waals surface area contributed by atoms with Crippen LogP contribution in [-0.2, 0) is 6.42 Å². The first-order valence-electron chi connectivity index (χ1n) is 5.07. The molecule has 6 nitrogen and oxygen atoms in total. The molecule has 0 aliphatic carbocycles. The molecular formula is C9H14N4O2. The number of carbonyl (C=O) groups is 1. The van der Waals surface area contributed by atoms with Gasteiger partial charge in [0.15, 0.2) is 5.82 Å². The fraction of sp³-hybridized carbons (Fsp3) is 0.667. The van der Waals surface area contributed by atoms with Crippen LogP contribution in [0.25, 0.3) is 0 Å². The molecule has 1 aromatic rings. The van der Waals surface area contributed by atoms with E-state index in [1.165, 1.54) is 0 Å². The minimum atomic E-state index is 0.00136. The molecule has 2 amide bonds. The maximum Gasteiger partial charge on any atom is 0.317 e. The molecule has 0 saturated carbocycles. The van der Waals surface area contributed by atoms with Gasteiger partial charge >= 0.3 is 6.03 Å². The van der Waals surface area contributed by atoms with E-state index in [1.54, 1.807) is 11.8 Å². The number of aryl methyl sites for hydroxylation is 1. The zero-order chi connectivity index (χ0) is 10.7. The van der Waals surface area contributed by atoms with Gasteiger partial charge in [0.1, 0.15) is 0 Å². The standard InChI is InChI=1S/C9H14N4O2/c1-7-11-8(12-15-7)3-6-13-5-2-4-10-9(13)14/h2-6H2,1H3,(H,10,14). The fourth-order valence-corrected chi connectivity index (χ4v) is 1.57. The Labute approximate surface area is 87.6 Å². The van der Waals surface area contributed by atoms with Gasteiger partial charge in [-0.1, -0.05) is 5.16 Å². The molecule has 0 aromatic carbocycles. The number of hydrogen-bond acceptors (Lipinski definition) is 4. The van der Waals surface area contributed by atoms with Gasteiger partial charge in [0.05, 0.1) is 0 Å². The van der Waals surface area contributed by atoms with Gasteiger partial charge in [-0.05, 0) is 6.42 Å². The van der Waals surface area contributed by atoms with Crippen LogP contribution in [0.4, 0.5) is 4.79 Å². The molecule has 1 aromatic heterocycles. The van der Waals surface area contributed by atoms with E-state index < -0.39 is 0 Å². The van der Waals surface area contributed by atoms with Gasteiger partial charge in [0, 0.05) is 33.0 Å². The second-order valence-electron chi connectivity index (χ2n) is 3.55. The summed E-state index contributed by atoms with van der Waals surface area (Å²) in [6, 6.07) is 0.00136. The minimum absolute atomic E-state index is 0.00136. The maximum absolute atomic E-state index is 11.4. The first kappa shape index (κ1) is 9.95. The molecule has 15 heavy (non-hydrogen) atoms. The monoisotopic (exact) mass is 210 g/mol. The average molecular weight is 210 g/mol. The molecule has 0 atom stereocenters. The van der Waals surface area contributed by atoms with Crippen molar-refractivity contribution in [3.63, 3.8) is 0 Å². The normalized spacial score (nSPS) is 16.6. The van der Waals surface area contributed by atoms with Crippen LogP contribution in [0.3, 0.4) is 0 Å². The molecular weight excluding hydrogens is 196 g/mol. The minimum Gasteiger partial charge on any atom is -0.340 e. The first-order chi connectivity index (χ1) is 7.25. The second kappa shape index (κ2) is 4.29. The molecule has 2 heterocycles. The van der Waals surface area contributed by atoms with Gasteiger partial charge in [0.25, 0.3) is 0 Å². The number of rotatable bonds is 3. The number of nitrogens with zero attached hydrogens (tertiary/aromatic N) is 3. The number of hydrogen-bond donors (Lipinski definition) is 1. The number of urea groups is 1. The number of carbonyl (C=O) groups excluding carboxylic acids is 1. The molecule has 0 bridgehead atoms. The quantitative estimate of drug-likeness (QED) is 0.780. The van der Waals surface area contributed by atoms with Gasteiger partial charge < -0.3 is 14.7 Å². The Hall–Kier alpha value is -1.59. The third-order valence-corrected chi connectivity index (χ3v) is 2.34. The third-order valence-electron chi connectivity index (χ3n) is 2.34. The van der Waals surface area contributed by atoms with Gasteiger partial charge in [-0.15, -0.1) is 0 Å². The smallest absolute Gasteiger partial charge is 0.317 e. The van der Waals surface area contributed by atoms with Crippen LogP contribution in [0.2, 0.25) is 0 Å². The van der Waals surface area contributed by atoms with E-state index >= 15 is 0 Å². The van der Waals surface area contributed by atoms with E-state index in [0.29, 0.717) is 24.7 Å². The molecule has 1 aliphatic rings. The van der Waals surface area contributed by atoms with Crippen molar-refractivity contribution in [2.75, 3.05) is 19.6 Å². The summed E-state index contributed by atoms with van der Waals surface area (Å²) in [5.41, 5.74) is 0. The molecule has 82 valence electrons. The van der Waals surface area contributed by atoms with Crippen LogP contribution in [0, 0.1) is 6.92 Å². The lowest BCUT2D eigenvalue weighted by atomic mass is 10.3. The highest BCUT2D eigenvalue weighted by atomic mass is 16.5. The van der Waals surface area contributed by atoms with Gasteiger partial charge in [0.2, 0.25) is 5.89 Å². The SMILES string of the molecule is Cc1nc(CCN2CCCNC2=O)no1. The Morgan fingerprint density at radius 1 is 1.60 bits per heavy atom. The van der Waals surface area contributed by atoms with E-state index in [4.69, 9.17) is 4.52 Å². The highest BCUT2D eigenvalue weighted by Gasteiger charge is 2.17. The molecule has 0 radical (unpaired) electrons. The molecule has 1 aliphatic heterocycles. The Morgan fingerprint density at radius 2 is 2.47 bits per heavy atom. The summed E-state index contributed by atoms with van der Waals surface area (Å²) in [4.78, 5) is 17.2. The molecule has 6 heteroatoms. The predicted molar refractivity (Wildman–Crippen MR) is 52.3 cm³/mol. The number of aromatic nitrogens is 2. The van der Waals surface area contributed by atoms with Crippen molar-refractivity contribution < 1.29 is 9.32 Å². The Balaban J connectivity index is 1.84. The van der Waals surface area contributed by atoms with Crippen LogP contribution in [0.1, 0.15) is 18.1 Å². The molecule has 2 rings (SSSR count). The molecule has 1 fully saturated rings. The van der Waals surface area contributed by atoms with E-state index in [2.05, 4.69) is 15.5 Å². The summed E-state index contributed by atoms with van der Waals surface area (Å²) >= 11 is 0. The number of amides is 2. The van der Waals surface area contributed by atoms with Crippen LogP contribution in [0.15, 0.2) is 4.52 Å². The highest BCUT2D eigenvalue weighted by molar-refractivity contribution is 5.74. The Bertz CT molecular complexity index is 350. The third kappa shape index (κ3) is 2.45. The van der Waals surface area contributed by atoms with Crippen molar-refractivity contribution in [3.8, 4) is 0 Å². The lowest BCUT2D eigenvalue weighted by Crippen LogP contribution is -2.47. The average Bonchev–Trinajstić information content (AvgIpc) is 2.63. The van der Waals surface area contributed by atoms with Crippen molar-refractivity contribution in [1.82, 2.24) is 20.4 Å². The summed E-state index contributed by atoms with van der Waals surface area (Å²) in [7, 11) is 0. The zero-order valence-electron chi connectivity index (χ0n) is 8.69. The lowest BCUT2D eigenvalue weighted by molar-refractivity contribution is 0.186. The topological polar surface area (TPSA) is 71.3 Å². The van der Waals surface area contributed by atoms with Crippen LogP contribution in [0.5, 0.6) is 0 Å². The van der Waals surface area contributed by atoms with Gasteiger partial charge in [-0.3, -0.25) is 0 Å². The summed E-state index contributed by atoms with van der Waals surface area (Å²) in [6.45, 7) is 3.98. The van der Waals surface area contributed by atoms with Crippen molar-refractivity contribution in [3.05, 3.63) is 11.7 Å². The second-order valence-corrected chi connectivity index (χ2v) is 3.55. The highest BCUT2D eigenvalue weighted by Crippen LogP contribution is 2.02. The molecule has 0 spiro atoms. The Morgan fingerprint density at radius 3 is 3.13 bits per heavy atom. The fourth-order valence-electron chi connectivity index (χ4n) is 1.57. The van der Waals surface area contributed by atoms with Gasteiger partial charge in [-0.2, -0.15) is 4.98 Å². The van der Waals surface area contributed by atoms with E-state index in [-0.39, 0.29) is 6.03 Å². The lowest BCUT2D eigenvalue weighted by Gasteiger charge is -2.26. The summed E-state index contributed by atoms with van der Waals surface area (Å²) < 4.78 is 4.85. The van der Waals surface area contributed by atoms with Crippen LogP contribution < -0.4 is 5.32 Å². The van der Waals surface area contributed by atoms with Gasteiger partial charge in [-0.25, -0.2) is 4.79 Å². The van der Waals surface area contributed by atoms with Crippen molar-refractivity contribution in [2.24, 2.45) is 0 Å². The van der Waals surface area contributed by atoms with Crippen molar-refractivity contribution >= 4 is 6.03 Å². The van der Waals surface area contributed by atoms with E-state index in [9.17, 15) is 4.79 Å². The van der Waals surface area contributed by atoms with Crippen molar-refractivity contribution in [2.45, 2.75) is 19.8 Å². The van der Waals surface area contributed by atoms with Crippen LogP contribution >= 0.6 is 0 Å². The Kier molecular flexibility index (Phi) is 2.84. The zero-order valence-corrected chi connectivity index (χ0v) is 8.69. The summed E-state index contributed by atoms with van der Waals surface area (Å²) in [5.74, 6) is 1.22. The summed E-state index contributed by atoms with van der Waals surface area (Å²) in [6.07, 6.45) is 1.64. The molecule has 1 saturated heterocycles. The van der Waals surface area contributed by atoms with E-state index in [1.807, 2.05) is 0 Å². The molecule has 0 unspecified atom stereocenters. The predicted octanol–water partition coefficient (Wildman–Crippen LogP) is 0.336. The number of nitrogens with one attached hydrogen (secondary N) is 1. The largest absolute Gasteiger partial charge is 0.340 e. The first-order valence-corrected chi connectivity index (χ1v) is 5.07. The van der Waals surface area contributed by atoms with Crippen LogP contribution in [-0.4, -0.2) is 40.7 Å². The summed E-state index contributed by atoms with van der Waals surface area (Å²) in [5, 5.41) is 6.58. The molecule has 1 N–H and O–H groups in total.